The Morgan fingerprint density at radius 1 is 1.17 bits per heavy atom. The van der Waals surface area contributed by atoms with Gasteiger partial charge in [-0.25, -0.2) is 4.39 Å². The van der Waals surface area contributed by atoms with Crippen molar-refractivity contribution in [3.63, 3.8) is 0 Å². The Morgan fingerprint density at radius 3 is 2.61 bits per heavy atom. The van der Waals surface area contributed by atoms with E-state index in [-0.39, 0.29) is 11.3 Å². The van der Waals surface area contributed by atoms with Crippen molar-refractivity contribution in [3.05, 3.63) is 58.9 Å². The molecule has 3 nitrogen and oxygen atoms in total. The molecule has 0 radical (unpaired) electrons. The molecule has 2 aromatic carbocycles. The number of halogens is 2. The largest absolute Gasteiger partial charge is 0.396 e. The number of carbonyl (C=O) groups excluding carboxylic acids is 1. The lowest BCUT2D eigenvalue weighted by Crippen LogP contribution is -2.15. The Bertz CT molecular complexity index is 601. The summed E-state index contributed by atoms with van der Waals surface area (Å²) in [6.07, 6.45) is 0. The van der Waals surface area contributed by atoms with E-state index in [0.717, 1.165) is 0 Å². The van der Waals surface area contributed by atoms with Crippen LogP contribution in [0.3, 0.4) is 0 Å². The van der Waals surface area contributed by atoms with E-state index in [4.69, 9.17) is 17.3 Å². The normalized spacial score (nSPS) is 10.1. The van der Waals surface area contributed by atoms with Crippen molar-refractivity contribution in [2.75, 3.05) is 11.1 Å². The number of para-hydroxylation sites is 2. The van der Waals surface area contributed by atoms with Crippen LogP contribution < -0.4 is 11.1 Å². The molecule has 0 saturated heterocycles. The van der Waals surface area contributed by atoms with Crippen LogP contribution in [0.1, 0.15) is 10.4 Å². The third-order valence-corrected chi connectivity index (χ3v) is 2.75. The summed E-state index contributed by atoms with van der Waals surface area (Å²) >= 11 is 5.91. The highest BCUT2D eigenvalue weighted by Crippen LogP contribution is 2.23. The van der Waals surface area contributed by atoms with E-state index in [9.17, 15) is 9.18 Å². The van der Waals surface area contributed by atoms with Gasteiger partial charge >= 0.3 is 0 Å². The van der Waals surface area contributed by atoms with Crippen molar-refractivity contribution in [1.29, 1.82) is 0 Å². The van der Waals surface area contributed by atoms with E-state index < -0.39 is 11.7 Å². The first kappa shape index (κ1) is 12.4. The predicted octanol–water partition coefficient (Wildman–Crippen LogP) is 3.31. The summed E-state index contributed by atoms with van der Waals surface area (Å²) in [6.45, 7) is 0. The molecule has 0 unspecified atom stereocenters. The van der Waals surface area contributed by atoms with Crippen LogP contribution in [0, 0.1) is 5.82 Å². The van der Waals surface area contributed by atoms with Crippen LogP contribution in [0.4, 0.5) is 15.8 Å². The molecule has 0 aliphatic heterocycles. The molecular weight excluding hydrogens is 255 g/mol. The van der Waals surface area contributed by atoms with Crippen LogP contribution in [0.25, 0.3) is 0 Å². The third kappa shape index (κ3) is 2.43. The molecule has 0 fully saturated rings. The number of hydrogen-bond donors (Lipinski definition) is 2. The fourth-order valence-corrected chi connectivity index (χ4v) is 1.67. The Balaban J connectivity index is 2.28. The first-order valence-electron chi connectivity index (χ1n) is 5.19. The Morgan fingerprint density at radius 2 is 1.89 bits per heavy atom. The van der Waals surface area contributed by atoms with Gasteiger partial charge in [-0.3, -0.25) is 4.79 Å². The number of nitrogen functional groups attached to an aromatic ring is 1. The molecule has 0 aromatic heterocycles. The summed E-state index contributed by atoms with van der Waals surface area (Å²) in [4.78, 5) is 11.9. The van der Waals surface area contributed by atoms with Crippen molar-refractivity contribution in [1.82, 2.24) is 0 Å². The van der Waals surface area contributed by atoms with E-state index in [1.165, 1.54) is 18.2 Å². The number of hydrogen-bond acceptors (Lipinski definition) is 2. The van der Waals surface area contributed by atoms with Crippen molar-refractivity contribution >= 4 is 28.9 Å². The number of benzene rings is 2. The minimum Gasteiger partial charge on any atom is -0.396 e. The van der Waals surface area contributed by atoms with Crippen molar-refractivity contribution in [3.8, 4) is 0 Å². The zero-order chi connectivity index (χ0) is 13.1. The van der Waals surface area contributed by atoms with Gasteiger partial charge in [0, 0.05) is 0 Å². The minimum atomic E-state index is -0.623. The summed E-state index contributed by atoms with van der Waals surface area (Å²) in [7, 11) is 0. The maximum Gasteiger partial charge on any atom is 0.257 e. The maximum absolute atomic E-state index is 13.2. The molecule has 92 valence electrons. The second kappa shape index (κ2) is 5.06. The van der Waals surface area contributed by atoms with E-state index in [1.807, 2.05) is 0 Å². The number of rotatable bonds is 2. The van der Waals surface area contributed by atoms with Crippen LogP contribution in [0.2, 0.25) is 5.02 Å². The molecule has 0 aliphatic rings. The van der Waals surface area contributed by atoms with Gasteiger partial charge in [0.05, 0.1) is 22.0 Å². The highest BCUT2D eigenvalue weighted by Gasteiger charge is 2.13. The van der Waals surface area contributed by atoms with Gasteiger partial charge in [0.2, 0.25) is 0 Å². The highest BCUT2D eigenvalue weighted by molar-refractivity contribution is 6.34. The fraction of sp³-hybridized carbons (Fsp3) is 0. The summed E-state index contributed by atoms with van der Waals surface area (Å²) < 4.78 is 13.2. The van der Waals surface area contributed by atoms with Gasteiger partial charge in [-0.15, -0.1) is 0 Å². The van der Waals surface area contributed by atoms with Gasteiger partial charge in [-0.2, -0.15) is 0 Å². The average molecular weight is 265 g/mol. The summed E-state index contributed by atoms with van der Waals surface area (Å²) in [6, 6.07) is 10.8. The average Bonchev–Trinajstić information content (AvgIpc) is 2.35. The van der Waals surface area contributed by atoms with Gasteiger partial charge in [0.1, 0.15) is 5.82 Å². The number of nitrogens with one attached hydrogen (secondary N) is 1. The third-order valence-electron chi connectivity index (χ3n) is 2.42. The molecule has 1 amide bonds. The van der Waals surface area contributed by atoms with Crippen LogP contribution in [-0.4, -0.2) is 5.91 Å². The molecule has 0 aliphatic carbocycles. The predicted molar refractivity (Wildman–Crippen MR) is 70.2 cm³/mol. The lowest BCUT2D eigenvalue weighted by atomic mass is 10.1. The Kier molecular flexibility index (Phi) is 3.48. The lowest BCUT2D eigenvalue weighted by Gasteiger charge is -2.09. The first-order valence-corrected chi connectivity index (χ1v) is 5.57. The maximum atomic E-state index is 13.2. The molecular formula is C13H10ClFN2O. The second-order valence-electron chi connectivity index (χ2n) is 3.64. The van der Waals surface area contributed by atoms with Crippen LogP contribution in [-0.2, 0) is 0 Å². The van der Waals surface area contributed by atoms with E-state index in [2.05, 4.69) is 5.32 Å². The lowest BCUT2D eigenvalue weighted by molar-refractivity contribution is 0.102. The SMILES string of the molecule is Nc1c(F)cccc1C(=O)Nc1ccccc1Cl. The van der Waals surface area contributed by atoms with Gasteiger partial charge in [0.25, 0.3) is 5.91 Å². The number of amides is 1. The van der Waals surface area contributed by atoms with E-state index >= 15 is 0 Å². The molecule has 0 saturated carbocycles. The van der Waals surface area contributed by atoms with Crippen molar-refractivity contribution in [2.45, 2.75) is 0 Å². The Labute approximate surface area is 108 Å². The summed E-state index contributed by atoms with van der Waals surface area (Å²) in [5.74, 6) is -1.12. The minimum absolute atomic E-state index is 0.0786. The van der Waals surface area contributed by atoms with Crippen LogP contribution in [0.15, 0.2) is 42.5 Å². The second-order valence-corrected chi connectivity index (χ2v) is 4.04. The molecule has 0 heterocycles. The summed E-state index contributed by atoms with van der Waals surface area (Å²) in [5.41, 5.74) is 5.86. The van der Waals surface area contributed by atoms with Crippen molar-refractivity contribution in [2.24, 2.45) is 0 Å². The molecule has 2 rings (SSSR count). The number of anilines is 2. The Hall–Kier alpha value is -2.07. The monoisotopic (exact) mass is 264 g/mol. The molecule has 0 spiro atoms. The number of carbonyl (C=O) groups is 1. The fourth-order valence-electron chi connectivity index (χ4n) is 1.49. The first-order chi connectivity index (χ1) is 8.59. The smallest absolute Gasteiger partial charge is 0.257 e. The zero-order valence-corrected chi connectivity index (χ0v) is 10.0. The van der Waals surface area contributed by atoms with Gasteiger partial charge in [0.15, 0.2) is 0 Å². The molecule has 3 N–H and O–H groups in total. The number of nitrogens with two attached hydrogens (primary N) is 1. The highest BCUT2D eigenvalue weighted by atomic mass is 35.5. The van der Waals surface area contributed by atoms with Gasteiger partial charge in [-0.1, -0.05) is 29.8 Å². The van der Waals surface area contributed by atoms with Gasteiger partial charge in [-0.05, 0) is 24.3 Å². The molecule has 5 heteroatoms. The molecule has 0 atom stereocenters. The molecule has 0 bridgehead atoms. The van der Waals surface area contributed by atoms with Crippen LogP contribution >= 0.6 is 11.6 Å². The molecule has 18 heavy (non-hydrogen) atoms. The summed E-state index contributed by atoms with van der Waals surface area (Å²) in [5, 5.41) is 2.98. The van der Waals surface area contributed by atoms with E-state index in [0.29, 0.717) is 10.7 Å². The quantitative estimate of drug-likeness (QED) is 0.818. The standard InChI is InChI=1S/C13H10ClFN2O/c14-9-5-1-2-7-11(9)17-13(18)8-4-3-6-10(15)12(8)16/h1-7H,16H2,(H,17,18). The van der Waals surface area contributed by atoms with Crippen molar-refractivity contribution < 1.29 is 9.18 Å². The topological polar surface area (TPSA) is 55.1 Å². The zero-order valence-electron chi connectivity index (χ0n) is 9.28. The van der Waals surface area contributed by atoms with Gasteiger partial charge < -0.3 is 11.1 Å². The van der Waals surface area contributed by atoms with E-state index in [1.54, 1.807) is 24.3 Å². The van der Waals surface area contributed by atoms with Crippen LogP contribution in [0.5, 0.6) is 0 Å². The molecule has 2 aromatic rings.